The van der Waals surface area contributed by atoms with Gasteiger partial charge in [0.1, 0.15) is 0 Å². The number of aromatic amines is 1. The summed E-state index contributed by atoms with van der Waals surface area (Å²) in [5, 5.41) is 23.2. The van der Waals surface area contributed by atoms with E-state index in [1.54, 1.807) is 31.2 Å². The predicted octanol–water partition coefficient (Wildman–Crippen LogP) is 4.65. The van der Waals surface area contributed by atoms with Crippen LogP contribution in [-0.2, 0) is 18.3 Å². The Bertz CT molecular complexity index is 1610. The van der Waals surface area contributed by atoms with Gasteiger partial charge in [-0.15, -0.1) is 0 Å². The molecule has 0 radical (unpaired) electrons. The minimum Gasteiger partial charge on any atom is -0.505 e. The van der Waals surface area contributed by atoms with Crippen LogP contribution in [0.4, 0.5) is 22.0 Å². The number of aliphatic hydroxyl groups is 1. The lowest BCUT2D eigenvalue weighted by Gasteiger charge is -2.16. The van der Waals surface area contributed by atoms with Gasteiger partial charge in [-0.05, 0) is 37.8 Å². The number of aromatic nitrogens is 5. The fraction of sp³-hybridized carbons (Fsp3) is 0.346. The first kappa shape index (κ1) is 30.3. The maximum atomic E-state index is 14.8. The summed E-state index contributed by atoms with van der Waals surface area (Å²) in [6.07, 6.45) is 2.75. The third-order valence-corrected chi connectivity index (χ3v) is 5.87. The fourth-order valence-corrected chi connectivity index (χ4v) is 3.69. The lowest BCUT2D eigenvalue weighted by molar-refractivity contribution is -0.140. The molecule has 3 aromatic heterocycles. The third-order valence-electron chi connectivity index (χ3n) is 5.87. The fourth-order valence-electron chi connectivity index (χ4n) is 3.69. The Morgan fingerprint density at radius 2 is 1.68 bits per heavy atom. The van der Waals surface area contributed by atoms with Crippen LogP contribution in [-0.4, -0.2) is 34.9 Å². The minimum atomic E-state index is -4.86. The molecule has 0 saturated heterocycles. The number of halogens is 5. The van der Waals surface area contributed by atoms with Crippen molar-refractivity contribution < 1.29 is 32.2 Å². The van der Waals surface area contributed by atoms with E-state index in [0.717, 1.165) is 19.3 Å². The van der Waals surface area contributed by atoms with Gasteiger partial charge < -0.3 is 14.8 Å². The molecule has 40 heavy (non-hydrogen) atoms. The largest absolute Gasteiger partial charge is 0.505 e. The zero-order valence-electron chi connectivity index (χ0n) is 21.7. The first-order valence-corrected chi connectivity index (χ1v) is 12.1. The van der Waals surface area contributed by atoms with Gasteiger partial charge in [0.2, 0.25) is 0 Å². The van der Waals surface area contributed by atoms with Crippen molar-refractivity contribution in [2.75, 3.05) is 0 Å². The molecular formula is C26H26F5N5O4. The third kappa shape index (κ3) is 6.68. The molecule has 14 heteroatoms. The summed E-state index contributed by atoms with van der Waals surface area (Å²) >= 11 is 0. The van der Waals surface area contributed by atoms with Crippen molar-refractivity contribution in [1.29, 1.82) is 0 Å². The first-order chi connectivity index (χ1) is 18.7. The number of alkyl halides is 3. The average molecular weight is 568 g/mol. The van der Waals surface area contributed by atoms with Crippen LogP contribution in [0.1, 0.15) is 51.2 Å². The highest BCUT2D eigenvalue weighted by atomic mass is 19.4. The van der Waals surface area contributed by atoms with Gasteiger partial charge in [-0.3, -0.25) is 9.59 Å². The normalized spacial score (nSPS) is 11.8. The van der Waals surface area contributed by atoms with Crippen molar-refractivity contribution in [3.63, 3.8) is 0 Å². The zero-order valence-corrected chi connectivity index (χ0v) is 21.7. The second-order valence-electron chi connectivity index (χ2n) is 9.35. The number of fused-ring (bicyclic) bond motifs is 1. The summed E-state index contributed by atoms with van der Waals surface area (Å²) < 4.78 is 66.6. The second-order valence-corrected chi connectivity index (χ2v) is 9.35. The number of hydrogen-bond donors (Lipinski definition) is 3. The second kappa shape index (κ2) is 11.9. The summed E-state index contributed by atoms with van der Waals surface area (Å²) in [5.41, 5.74) is -4.45. The number of rotatable bonds is 6. The lowest BCUT2D eigenvalue weighted by atomic mass is 10.0. The van der Waals surface area contributed by atoms with E-state index < -0.39 is 45.8 Å². The number of unbranched alkanes of at least 4 members (excludes halogenated alkanes) is 2. The number of H-pyrrole nitrogens is 1. The molecule has 0 fully saturated rings. The Balaban J connectivity index is 0.000000307. The van der Waals surface area contributed by atoms with Crippen LogP contribution in [0.2, 0.25) is 0 Å². The molecule has 4 rings (SSSR count). The summed E-state index contributed by atoms with van der Waals surface area (Å²) in [5.74, 6) is -3.55. The van der Waals surface area contributed by atoms with E-state index in [-0.39, 0.29) is 16.8 Å². The molecule has 0 saturated carbocycles. The van der Waals surface area contributed by atoms with E-state index in [9.17, 15) is 36.6 Å². The van der Waals surface area contributed by atoms with Gasteiger partial charge in [0.25, 0.3) is 11.1 Å². The average Bonchev–Trinajstić information content (AvgIpc) is 2.86. The van der Waals surface area contributed by atoms with Crippen LogP contribution >= 0.6 is 0 Å². The molecule has 4 aromatic rings. The molecule has 0 atom stereocenters. The van der Waals surface area contributed by atoms with E-state index >= 15 is 0 Å². The van der Waals surface area contributed by atoms with Crippen LogP contribution in [0, 0.1) is 11.6 Å². The number of pyridine rings is 1. The van der Waals surface area contributed by atoms with Gasteiger partial charge in [-0.1, -0.05) is 19.8 Å². The molecule has 9 nitrogen and oxygen atoms in total. The van der Waals surface area contributed by atoms with Crippen molar-refractivity contribution in [1.82, 2.24) is 24.7 Å². The van der Waals surface area contributed by atoms with Crippen LogP contribution in [0.25, 0.3) is 22.2 Å². The molecule has 1 aromatic carbocycles. The Kier molecular flexibility index (Phi) is 9.03. The Morgan fingerprint density at radius 3 is 2.20 bits per heavy atom. The minimum absolute atomic E-state index is 0.0153. The number of hydrogen-bond acceptors (Lipinski definition) is 7. The zero-order chi connectivity index (χ0) is 29.8. The van der Waals surface area contributed by atoms with Crippen molar-refractivity contribution in [2.24, 2.45) is 0 Å². The highest BCUT2D eigenvalue weighted by Crippen LogP contribution is 2.31. The number of nitrogens with one attached hydrogen (secondary N) is 1. The monoisotopic (exact) mass is 567 g/mol. The number of nitrogens with zero attached hydrogens (tertiary/aromatic N) is 4. The highest BCUT2D eigenvalue weighted by Gasteiger charge is 2.37. The van der Waals surface area contributed by atoms with Crippen LogP contribution in [0.15, 0.2) is 46.5 Å². The molecule has 0 aliphatic rings. The summed E-state index contributed by atoms with van der Waals surface area (Å²) in [6, 6.07) is 2.98. The van der Waals surface area contributed by atoms with Gasteiger partial charge >= 0.3 is 6.18 Å². The summed E-state index contributed by atoms with van der Waals surface area (Å²) in [4.78, 5) is 31.2. The van der Waals surface area contributed by atoms with Crippen molar-refractivity contribution in [3.05, 3.63) is 80.4 Å². The van der Waals surface area contributed by atoms with Gasteiger partial charge in [-0.2, -0.15) is 18.3 Å². The standard InChI is InChI=1S/C21H23F2N3O2.C5H3F3N2O2/c1-4-5-6-8-26-9-7-13-10-15(17(22)18(23)16(13)20(26)27)19-24-11-14(12-25-19)21(2,3)28;6-5(7,8)3-2(11)1-9-10-4(3)12/h7,9-12,28H,4-6,8H2,1-3H3;1H,(H2,10,11,12). The molecule has 214 valence electrons. The predicted molar refractivity (Wildman–Crippen MR) is 135 cm³/mol. The number of aromatic hydroxyl groups is 1. The van der Waals surface area contributed by atoms with E-state index in [0.29, 0.717) is 23.7 Å². The van der Waals surface area contributed by atoms with Gasteiger partial charge in [0, 0.05) is 30.7 Å². The number of aryl methyl sites for hydroxylation is 1. The van der Waals surface area contributed by atoms with Crippen molar-refractivity contribution in [2.45, 2.75) is 58.4 Å². The quantitative estimate of drug-likeness (QED) is 0.228. The maximum absolute atomic E-state index is 14.8. The molecule has 0 bridgehead atoms. The molecule has 0 spiro atoms. The number of benzene rings is 1. The van der Waals surface area contributed by atoms with E-state index in [1.807, 2.05) is 0 Å². The maximum Gasteiger partial charge on any atom is 0.425 e. The van der Waals surface area contributed by atoms with Crippen molar-refractivity contribution >= 4 is 10.8 Å². The van der Waals surface area contributed by atoms with E-state index in [2.05, 4.69) is 22.0 Å². The summed E-state index contributed by atoms with van der Waals surface area (Å²) in [7, 11) is 0. The van der Waals surface area contributed by atoms with Gasteiger partial charge in [0.15, 0.2) is 28.8 Å². The van der Waals surface area contributed by atoms with Crippen LogP contribution in [0.3, 0.4) is 0 Å². The Labute approximate surface area is 224 Å². The first-order valence-electron chi connectivity index (χ1n) is 12.1. The van der Waals surface area contributed by atoms with E-state index in [4.69, 9.17) is 5.11 Å². The molecule has 0 aliphatic heterocycles. The highest BCUT2D eigenvalue weighted by molar-refractivity contribution is 5.86. The van der Waals surface area contributed by atoms with Gasteiger partial charge in [-0.25, -0.2) is 23.8 Å². The SMILES string of the molecule is CCCCCn1ccc2cc(-c3ncc(C(C)(C)O)cn3)c(F)c(F)c2c1=O.O=c1[nH]ncc(O)c1C(F)(F)F. The van der Waals surface area contributed by atoms with E-state index in [1.165, 1.54) is 23.0 Å². The molecule has 3 N–H and O–H groups in total. The lowest BCUT2D eigenvalue weighted by Crippen LogP contribution is -2.22. The molecule has 0 aliphatic carbocycles. The molecule has 0 unspecified atom stereocenters. The molecular weight excluding hydrogens is 541 g/mol. The smallest absolute Gasteiger partial charge is 0.425 e. The van der Waals surface area contributed by atoms with Gasteiger partial charge in [0.05, 0.1) is 22.7 Å². The Hall–Kier alpha value is -4.20. The molecule has 3 heterocycles. The Morgan fingerprint density at radius 1 is 1.02 bits per heavy atom. The van der Waals surface area contributed by atoms with Crippen LogP contribution in [0.5, 0.6) is 5.75 Å². The van der Waals surface area contributed by atoms with Crippen LogP contribution < -0.4 is 11.1 Å². The topological polar surface area (TPSA) is 134 Å². The molecule has 0 amide bonds. The van der Waals surface area contributed by atoms with Crippen molar-refractivity contribution in [3.8, 4) is 17.1 Å². The summed E-state index contributed by atoms with van der Waals surface area (Å²) in [6.45, 7) is 5.67.